The van der Waals surface area contributed by atoms with E-state index >= 15 is 0 Å². The summed E-state index contributed by atoms with van der Waals surface area (Å²) < 4.78 is 0. The lowest BCUT2D eigenvalue weighted by molar-refractivity contribution is 0.524. The van der Waals surface area contributed by atoms with E-state index in [1.54, 1.807) is 0 Å². The Hall–Kier alpha value is -0.520. The zero-order valence-electron chi connectivity index (χ0n) is 16.5. The average molecular weight is 333 g/mol. The first-order valence-corrected chi connectivity index (χ1v) is 11.3. The van der Waals surface area contributed by atoms with Crippen LogP contribution in [0.5, 0.6) is 0 Å². The molecule has 0 aromatic rings. The highest BCUT2D eigenvalue weighted by Crippen LogP contribution is 2.15. The number of rotatable bonds is 0. The van der Waals surface area contributed by atoms with Gasteiger partial charge in [0.15, 0.2) is 0 Å². The number of hydrogen-bond donors (Lipinski definition) is 0. The number of allylic oxidation sites excluding steroid dienone is 4. The fourth-order valence-corrected chi connectivity index (χ4v) is 3.70. The van der Waals surface area contributed by atoms with Crippen LogP contribution in [0.15, 0.2) is 24.3 Å². The lowest BCUT2D eigenvalue weighted by Gasteiger charge is -2.04. The summed E-state index contributed by atoms with van der Waals surface area (Å²) in [5.41, 5.74) is 0. The first-order chi connectivity index (χ1) is 12.0. The Morgan fingerprint density at radius 1 is 0.250 bits per heavy atom. The molecule has 0 radical (unpaired) electrons. The summed E-state index contributed by atoms with van der Waals surface area (Å²) in [4.78, 5) is 0. The molecule has 0 fully saturated rings. The third-order valence-electron chi connectivity index (χ3n) is 5.37. The summed E-state index contributed by atoms with van der Waals surface area (Å²) in [5.74, 6) is 0. The summed E-state index contributed by atoms with van der Waals surface area (Å²) in [6.45, 7) is 0. The van der Waals surface area contributed by atoms with Gasteiger partial charge in [-0.25, -0.2) is 0 Å². The van der Waals surface area contributed by atoms with Gasteiger partial charge in [0.05, 0.1) is 0 Å². The molecule has 140 valence electrons. The van der Waals surface area contributed by atoms with Crippen LogP contribution in [-0.4, -0.2) is 0 Å². The second-order valence-electron chi connectivity index (χ2n) is 7.80. The van der Waals surface area contributed by atoms with Crippen molar-refractivity contribution in [3.63, 3.8) is 0 Å². The molecule has 0 unspecified atom stereocenters. The van der Waals surface area contributed by atoms with E-state index in [-0.39, 0.29) is 0 Å². The highest BCUT2D eigenvalue weighted by molar-refractivity contribution is 5.02. The van der Waals surface area contributed by atoms with E-state index in [2.05, 4.69) is 24.3 Å². The van der Waals surface area contributed by atoms with Gasteiger partial charge in [-0.3, -0.25) is 0 Å². The molecule has 0 aromatic carbocycles. The third-order valence-corrected chi connectivity index (χ3v) is 5.37. The normalized spacial score (nSPS) is 25.3. The van der Waals surface area contributed by atoms with Crippen molar-refractivity contribution in [3.8, 4) is 0 Å². The van der Waals surface area contributed by atoms with Crippen molar-refractivity contribution in [2.75, 3.05) is 0 Å². The molecule has 1 aliphatic carbocycles. The van der Waals surface area contributed by atoms with E-state index in [1.165, 1.54) is 128 Å². The van der Waals surface area contributed by atoms with Crippen LogP contribution in [0.2, 0.25) is 0 Å². The molecular formula is C24H44. The summed E-state index contributed by atoms with van der Waals surface area (Å²) >= 11 is 0. The van der Waals surface area contributed by atoms with E-state index < -0.39 is 0 Å². The van der Waals surface area contributed by atoms with Gasteiger partial charge >= 0.3 is 0 Å². The molecule has 0 bridgehead atoms. The summed E-state index contributed by atoms with van der Waals surface area (Å²) in [7, 11) is 0. The molecular weight excluding hydrogens is 288 g/mol. The topological polar surface area (TPSA) is 0 Å². The van der Waals surface area contributed by atoms with E-state index in [0.29, 0.717) is 0 Å². The van der Waals surface area contributed by atoms with Gasteiger partial charge in [-0.1, -0.05) is 127 Å². The second-order valence-corrected chi connectivity index (χ2v) is 7.80. The predicted octanol–water partition coefficient (Wildman–Crippen LogP) is 8.91. The van der Waals surface area contributed by atoms with Crippen LogP contribution >= 0.6 is 0 Å². The van der Waals surface area contributed by atoms with Crippen LogP contribution in [0.1, 0.15) is 128 Å². The quantitative estimate of drug-likeness (QED) is 0.415. The zero-order chi connectivity index (χ0) is 17.0. The van der Waals surface area contributed by atoms with Gasteiger partial charge in [0.1, 0.15) is 0 Å². The van der Waals surface area contributed by atoms with Gasteiger partial charge in [-0.2, -0.15) is 0 Å². The maximum absolute atomic E-state index is 2.36. The molecule has 0 atom stereocenters. The molecule has 0 N–H and O–H groups in total. The van der Waals surface area contributed by atoms with Crippen LogP contribution in [0, 0.1) is 0 Å². The SMILES string of the molecule is C1=C\CCCCCCCCCCCCCCCCCCCC\C=C/1. The van der Waals surface area contributed by atoms with E-state index in [1.807, 2.05) is 0 Å². The lowest BCUT2D eigenvalue weighted by atomic mass is 10.0. The van der Waals surface area contributed by atoms with Gasteiger partial charge in [0.25, 0.3) is 0 Å². The molecule has 0 aromatic heterocycles. The highest BCUT2D eigenvalue weighted by Gasteiger charge is 1.95. The zero-order valence-corrected chi connectivity index (χ0v) is 16.5. The van der Waals surface area contributed by atoms with E-state index in [0.717, 1.165) is 0 Å². The van der Waals surface area contributed by atoms with Crippen molar-refractivity contribution in [1.29, 1.82) is 0 Å². The Balaban J connectivity index is 2.09. The Kier molecular flexibility index (Phi) is 16.9. The Morgan fingerprint density at radius 2 is 0.458 bits per heavy atom. The molecule has 0 aliphatic heterocycles. The first-order valence-electron chi connectivity index (χ1n) is 11.3. The Labute approximate surface area is 153 Å². The van der Waals surface area contributed by atoms with Crippen molar-refractivity contribution in [2.24, 2.45) is 0 Å². The second kappa shape index (κ2) is 18.8. The fourth-order valence-electron chi connectivity index (χ4n) is 3.70. The van der Waals surface area contributed by atoms with Crippen molar-refractivity contribution < 1.29 is 0 Å². The molecule has 1 rings (SSSR count). The summed E-state index contributed by atoms with van der Waals surface area (Å²) in [5, 5.41) is 0. The molecule has 0 heterocycles. The molecule has 0 nitrogen and oxygen atoms in total. The molecule has 0 saturated heterocycles. The standard InChI is InChI=1S/C24H44/c1-2-4-6-8-10-12-14-16-18-20-22-24-23-21-19-17-15-13-11-9-7-5-3-1/h1-4H,5-24H2/b3-1-,4-2-. The largest absolute Gasteiger partial charge is 0.0845 e. The summed E-state index contributed by atoms with van der Waals surface area (Å²) in [6, 6.07) is 0. The Morgan fingerprint density at radius 3 is 0.708 bits per heavy atom. The van der Waals surface area contributed by atoms with Crippen LogP contribution in [-0.2, 0) is 0 Å². The van der Waals surface area contributed by atoms with Crippen LogP contribution in [0.3, 0.4) is 0 Å². The lowest BCUT2D eigenvalue weighted by Crippen LogP contribution is -1.84. The molecule has 0 amide bonds. The monoisotopic (exact) mass is 332 g/mol. The predicted molar refractivity (Wildman–Crippen MR) is 111 cm³/mol. The van der Waals surface area contributed by atoms with E-state index in [4.69, 9.17) is 0 Å². The van der Waals surface area contributed by atoms with Crippen molar-refractivity contribution in [2.45, 2.75) is 128 Å². The third kappa shape index (κ3) is 16.3. The van der Waals surface area contributed by atoms with E-state index in [9.17, 15) is 0 Å². The van der Waals surface area contributed by atoms with Gasteiger partial charge < -0.3 is 0 Å². The Bertz CT molecular complexity index is 256. The average Bonchev–Trinajstić information content (AvgIpc) is 2.59. The fraction of sp³-hybridized carbons (Fsp3) is 0.833. The minimum Gasteiger partial charge on any atom is -0.0845 e. The van der Waals surface area contributed by atoms with Crippen molar-refractivity contribution in [3.05, 3.63) is 24.3 Å². The van der Waals surface area contributed by atoms with Crippen LogP contribution < -0.4 is 0 Å². The molecule has 24 heavy (non-hydrogen) atoms. The van der Waals surface area contributed by atoms with Gasteiger partial charge in [0, 0.05) is 0 Å². The first kappa shape index (κ1) is 21.5. The molecule has 0 spiro atoms. The molecule has 1 aliphatic rings. The minimum absolute atomic E-state index is 1.27. The van der Waals surface area contributed by atoms with Crippen molar-refractivity contribution >= 4 is 0 Å². The maximum Gasteiger partial charge on any atom is -0.0348 e. The van der Waals surface area contributed by atoms with Gasteiger partial charge in [-0.15, -0.1) is 0 Å². The van der Waals surface area contributed by atoms with Gasteiger partial charge in [-0.05, 0) is 25.7 Å². The van der Waals surface area contributed by atoms with Crippen molar-refractivity contribution in [1.82, 2.24) is 0 Å². The molecule has 0 saturated carbocycles. The number of hydrogen-bond acceptors (Lipinski definition) is 0. The smallest absolute Gasteiger partial charge is 0.0348 e. The minimum atomic E-state index is 1.27. The highest BCUT2D eigenvalue weighted by atomic mass is 14.0. The van der Waals surface area contributed by atoms with Gasteiger partial charge in [0.2, 0.25) is 0 Å². The maximum atomic E-state index is 2.36. The summed E-state index contributed by atoms with van der Waals surface area (Å²) in [6.07, 6.45) is 38.0. The molecule has 0 heteroatoms. The van der Waals surface area contributed by atoms with Crippen LogP contribution in [0.4, 0.5) is 0 Å². The van der Waals surface area contributed by atoms with Crippen LogP contribution in [0.25, 0.3) is 0 Å².